The molecule has 0 saturated carbocycles. The average molecular weight is 457 g/mol. The van der Waals surface area contributed by atoms with E-state index in [0.717, 1.165) is 24.5 Å². The van der Waals surface area contributed by atoms with Gasteiger partial charge < -0.3 is 14.8 Å². The molecule has 0 bridgehead atoms. The zero-order valence-corrected chi connectivity index (χ0v) is 19.0. The third kappa shape index (κ3) is 5.57. The Morgan fingerprint density at radius 2 is 2.00 bits per heavy atom. The zero-order valence-electron chi connectivity index (χ0n) is 18.2. The van der Waals surface area contributed by atoms with Crippen molar-refractivity contribution in [2.75, 3.05) is 5.32 Å². The van der Waals surface area contributed by atoms with Crippen molar-refractivity contribution in [3.8, 4) is 0 Å². The lowest BCUT2D eigenvalue weighted by Crippen LogP contribution is -2.46. The molecule has 8 heteroatoms. The smallest absolute Gasteiger partial charge is 0.247 e. The summed E-state index contributed by atoms with van der Waals surface area (Å²) in [6, 6.07) is 5.14. The maximum atomic E-state index is 13.7. The zero-order chi connectivity index (χ0) is 23.1. The molecule has 1 amide bonds. The van der Waals surface area contributed by atoms with Crippen molar-refractivity contribution in [2.24, 2.45) is 0 Å². The van der Waals surface area contributed by atoms with Gasteiger partial charge in [-0.25, -0.2) is 8.42 Å². The molecule has 170 valence electrons. The summed E-state index contributed by atoms with van der Waals surface area (Å²) < 4.78 is 39.9. The lowest BCUT2D eigenvalue weighted by Gasteiger charge is -2.35. The lowest BCUT2D eigenvalue weighted by atomic mass is 9.96. The van der Waals surface area contributed by atoms with Gasteiger partial charge in [0.15, 0.2) is 5.76 Å². The van der Waals surface area contributed by atoms with Gasteiger partial charge in [-0.2, -0.15) is 4.31 Å². The van der Waals surface area contributed by atoms with E-state index in [1.54, 1.807) is 12.1 Å². The van der Waals surface area contributed by atoms with Crippen LogP contribution in [-0.2, 0) is 24.3 Å². The molecule has 0 aromatic heterocycles. The van der Waals surface area contributed by atoms with Crippen molar-refractivity contribution in [2.45, 2.75) is 50.1 Å². The molecule has 1 heterocycles. The van der Waals surface area contributed by atoms with Gasteiger partial charge in [0.2, 0.25) is 15.9 Å². The van der Waals surface area contributed by atoms with Gasteiger partial charge in [-0.3, -0.25) is 4.79 Å². The first kappa shape index (κ1) is 23.6. The molecule has 1 unspecified atom stereocenters. The number of hydrogen-bond acceptors (Lipinski definition) is 5. The average Bonchev–Trinajstić information content (AvgIpc) is 2.80. The summed E-state index contributed by atoms with van der Waals surface area (Å²) in [4.78, 5) is 11.6. The number of allylic oxidation sites excluding steroid dienone is 3. The Hall–Kier alpha value is -3.10. The van der Waals surface area contributed by atoms with Crippen LogP contribution in [0.5, 0.6) is 0 Å². The monoisotopic (exact) mass is 456 g/mol. The molecule has 2 aliphatic rings. The van der Waals surface area contributed by atoms with Crippen LogP contribution in [0, 0.1) is 0 Å². The quantitative estimate of drug-likeness (QED) is 0.549. The van der Waals surface area contributed by atoms with Gasteiger partial charge in [0.05, 0.1) is 10.9 Å². The maximum absolute atomic E-state index is 13.7. The Balaban J connectivity index is 1.96. The Morgan fingerprint density at radius 3 is 2.56 bits per heavy atom. The van der Waals surface area contributed by atoms with E-state index in [2.05, 4.69) is 18.0 Å². The molecule has 1 atom stereocenters. The largest absolute Gasteiger partial charge is 0.466 e. The fourth-order valence-corrected chi connectivity index (χ4v) is 5.44. The molecule has 1 aliphatic heterocycles. The van der Waals surface area contributed by atoms with Crippen LogP contribution in [0.2, 0.25) is 0 Å². The normalized spacial score (nSPS) is 16.6. The number of hydrogen-bond donors (Lipinski definition) is 1. The highest BCUT2D eigenvalue weighted by molar-refractivity contribution is 7.89. The lowest BCUT2D eigenvalue weighted by molar-refractivity contribution is -0.111. The minimum atomic E-state index is -3.90. The number of carbonyl (C=O) groups excluding carboxylic acids is 1. The molecule has 1 N–H and O–H groups in total. The van der Waals surface area contributed by atoms with Crippen molar-refractivity contribution in [1.29, 1.82) is 0 Å². The number of benzene rings is 1. The topological polar surface area (TPSA) is 84.9 Å². The Kier molecular flexibility index (Phi) is 7.71. The molecule has 1 aromatic carbocycles. The summed E-state index contributed by atoms with van der Waals surface area (Å²) in [7, 11) is -3.90. The number of ether oxygens (including phenoxy) is 2. The van der Waals surface area contributed by atoms with E-state index in [4.69, 9.17) is 9.47 Å². The van der Waals surface area contributed by atoms with Crippen molar-refractivity contribution >= 4 is 21.6 Å². The summed E-state index contributed by atoms with van der Waals surface area (Å²) >= 11 is 0. The molecule has 1 aromatic rings. The summed E-state index contributed by atoms with van der Waals surface area (Å²) in [5.74, 6) is 0.0591. The van der Waals surface area contributed by atoms with Crippen molar-refractivity contribution in [3.05, 3.63) is 85.3 Å². The van der Waals surface area contributed by atoms with E-state index in [-0.39, 0.29) is 16.8 Å². The van der Waals surface area contributed by atoms with E-state index < -0.39 is 16.1 Å². The van der Waals surface area contributed by atoms with E-state index in [0.29, 0.717) is 17.9 Å². The van der Waals surface area contributed by atoms with Gasteiger partial charge in [-0.1, -0.05) is 30.4 Å². The van der Waals surface area contributed by atoms with E-state index in [1.807, 2.05) is 26.0 Å². The molecule has 0 spiro atoms. The van der Waals surface area contributed by atoms with Gasteiger partial charge >= 0.3 is 0 Å². The number of rotatable bonds is 9. The van der Waals surface area contributed by atoms with Crippen LogP contribution in [0.1, 0.15) is 33.1 Å². The van der Waals surface area contributed by atoms with Gasteiger partial charge in [0.1, 0.15) is 18.8 Å². The third-order valence-corrected chi connectivity index (χ3v) is 7.20. The molecule has 7 nitrogen and oxygen atoms in total. The number of amides is 1. The summed E-state index contributed by atoms with van der Waals surface area (Å²) in [5, 5.41) is 2.62. The predicted octanol–water partition coefficient (Wildman–Crippen LogP) is 4.60. The fraction of sp³-hybridized carbons (Fsp3) is 0.292. The molecular formula is C24H28N2O5S. The predicted molar refractivity (Wildman–Crippen MR) is 124 cm³/mol. The van der Waals surface area contributed by atoms with Crippen LogP contribution in [0.15, 0.2) is 90.2 Å². The molecular weight excluding hydrogens is 428 g/mol. The van der Waals surface area contributed by atoms with Gasteiger partial charge in [0.25, 0.3) is 0 Å². The fourth-order valence-electron chi connectivity index (χ4n) is 3.65. The second-order valence-electron chi connectivity index (χ2n) is 7.70. The van der Waals surface area contributed by atoms with Crippen molar-refractivity contribution in [3.63, 3.8) is 0 Å². The van der Waals surface area contributed by atoms with E-state index >= 15 is 0 Å². The van der Waals surface area contributed by atoms with Crippen LogP contribution < -0.4 is 5.32 Å². The highest BCUT2D eigenvalue weighted by Crippen LogP contribution is 2.32. The third-order valence-electron chi connectivity index (χ3n) is 5.11. The van der Waals surface area contributed by atoms with Gasteiger partial charge in [0, 0.05) is 11.7 Å². The molecule has 0 radical (unpaired) electrons. The van der Waals surface area contributed by atoms with Gasteiger partial charge in [-0.05, 0) is 63.5 Å². The first-order valence-electron chi connectivity index (χ1n) is 10.4. The van der Waals surface area contributed by atoms with Crippen LogP contribution in [0.4, 0.5) is 5.69 Å². The molecule has 0 fully saturated rings. The number of nitrogens with one attached hydrogen (secondary N) is 1. The summed E-state index contributed by atoms with van der Waals surface area (Å²) in [5.41, 5.74) is 1.62. The number of anilines is 1. The minimum Gasteiger partial charge on any atom is -0.466 e. The molecule has 3 rings (SSSR count). The summed E-state index contributed by atoms with van der Waals surface area (Å²) in [6.07, 6.45) is 13.8. The standard InChI is InChI=1S/C24H28N2O5S/c1-4-24(27)25-20-10-12-21(13-11-20)32(28,29)26(18(2)3)22(23-17-30-14-15-31-23)16-19-8-6-5-7-9-19/h4-6,8,10-15,17-18,22H,1,7,9,16H2,2-3H3,(H,25,27). The second-order valence-corrected chi connectivity index (χ2v) is 9.55. The number of nitrogens with zero attached hydrogens (tertiary/aromatic N) is 1. The van der Waals surface area contributed by atoms with Crippen LogP contribution in [0.3, 0.4) is 0 Å². The first-order valence-corrected chi connectivity index (χ1v) is 11.9. The molecule has 1 aliphatic carbocycles. The highest BCUT2D eigenvalue weighted by atomic mass is 32.2. The van der Waals surface area contributed by atoms with Crippen molar-refractivity contribution < 1.29 is 22.7 Å². The maximum Gasteiger partial charge on any atom is 0.247 e. The molecule has 0 saturated heterocycles. The number of sulfonamides is 1. The highest BCUT2D eigenvalue weighted by Gasteiger charge is 2.37. The summed E-state index contributed by atoms with van der Waals surface area (Å²) in [6.45, 7) is 7.08. The Morgan fingerprint density at radius 1 is 1.25 bits per heavy atom. The first-order chi connectivity index (χ1) is 15.3. The molecule has 32 heavy (non-hydrogen) atoms. The van der Waals surface area contributed by atoms with Crippen molar-refractivity contribution in [1.82, 2.24) is 4.31 Å². The second kappa shape index (κ2) is 10.5. The van der Waals surface area contributed by atoms with Crippen LogP contribution in [-0.4, -0.2) is 30.7 Å². The van der Waals surface area contributed by atoms with Gasteiger partial charge in [-0.15, -0.1) is 0 Å². The van der Waals surface area contributed by atoms with Crippen LogP contribution >= 0.6 is 0 Å². The number of carbonyl (C=O) groups is 1. The van der Waals surface area contributed by atoms with E-state index in [9.17, 15) is 13.2 Å². The minimum absolute atomic E-state index is 0.123. The van der Waals surface area contributed by atoms with Crippen LogP contribution in [0.25, 0.3) is 0 Å². The Labute approximate surface area is 189 Å². The SMILES string of the molecule is C=CC(=O)Nc1ccc(S(=O)(=O)N(C(C)C)C(CC2=CC=CCC2)C2=COC=CO2)cc1. The van der Waals surface area contributed by atoms with E-state index in [1.165, 1.54) is 35.2 Å². The Bertz CT molecular complexity index is 1070.